The van der Waals surface area contributed by atoms with E-state index in [1.165, 1.54) is 32.4 Å². The lowest BCUT2D eigenvalue weighted by atomic mass is 10.1. The van der Waals surface area contributed by atoms with Gasteiger partial charge in [-0.3, -0.25) is 0 Å². The van der Waals surface area contributed by atoms with Crippen molar-refractivity contribution < 1.29 is 19.1 Å². The molecule has 90 valence electrons. The quantitative estimate of drug-likeness (QED) is 0.841. The molecule has 17 heavy (non-hydrogen) atoms. The average molecular weight is 236 g/mol. The van der Waals surface area contributed by atoms with Gasteiger partial charge in [-0.25, -0.2) is 0 Å². The van der Waals surface area contributed by atoms with E-state index in [4.69, 9.17) is 19.7 Å². The number of methoxy groups -OCH3 is 2. The minimum atomic E-state index is 0.0348. The fourth-order valence-electron chi connectivity index (χ4n) is 1.55. The highest BCUT2D eigenvalue weighted by Gasteiger charge is 2.17. The zero-order valence-corrected chi connectivity index (χ0v) is 9.43. The van der Waals surface area contributed by atoms with Crippen molar-refractivity contribution in [2.75, 3.05) is 20.0 Å². The maximum absolute atomic E-state index is 9.58. The number of hydrogen-bond acceptors (Lipinski definition) is 6. The standard InChI is InChI=1S/C11H12N2O4/c1-15-9-4-6(14)3-7(11(9)16-2)8-5-10(12)13-17-8/h3-5,14H,1-2H3,(H2,12,13). The Kier molecular flexibility index (Phi) is 2.78. The van der Waals surface area contributed by atoms with E-state index in [1.54, 1.807) is 0 Å². The Balaban J connectivity index is 2.63. The summed E-state index contributed by atoms with van der Waals surface area (Å²) in [6.07, 6.45) is 0. The SMILES string of the molecule is COc1cc(O)cc(-c2cc(N)no2)c1OC. The van der Waals surface area contributed by atoms with Crippen molar-refractivity contribution in [2.24, 2.45) is 0 Å². The number of ether oxygens (including phenoxy) is 2. The zero-order valence-electron chi connectivity index (χ0n) is 9.43. The fraction of sp³-hybridized carbons (Fsp3) is 0.182. The van der Waals surface area contributed by atoms with E-state index in [9.17, 15) is 5.11 Å². The van der Waals surface area contributed by atoms with Gasteiger partial charge in [0, 0.05) is 12.1 Å². The maximum Gasteiger partial charge on any atom is 0.173 e. The minimum absolute atomic E-state index is 0.0348. The van der Waals surface area contributed by atoms with Gasteiger partial charge >= 0.3 is 0 Å². The van der Waals surface area contributed by atoms with Gasteiger partial charge in [0.1, 0.15) is 5.75 Å². The molecule has 0 unspecified atom stereocenters. The number of phenolic OH excluding ortho intramolecular Hbond substituents is 1. The Morgan fingerprint density at radius 1 is 1.24 bits per heavy atom. The Morgan fingerprint density at radius 3 is 2.53 bits per heavy atom. The number of phenols is 1. The van der Waals surface area contributed by atoms with Gasteiger partial charge in [0.25, 0.3) is 0 Å². The second kappa shape index (κ2) is 4.25. The van der Waals surface area contributed by atoms with E-state index in [0.29, 0.717) is 22.8 Å². The van der Waals surface area contributed by atoms with E-state index in [1.807, 2.05) is 0 Å². The molecule has 1 aromatic heterocycles. The first kappa shape index (κ1) is 11.1. The van der Waals surface area contributed by atoms with Gasteiger partial charge in [0.15, 0.2) is 23.1 Å². The minimum Gasteiger partial charge on any atom is -0.508 e. The van der Waals surface area contributed by atoms with Crippen molar-refractivity contribution in [3.8, 4) is 28.6 Å². The molecule has 0 amide bonds. The van der Waals surface area contributed by atoms with Gasteiger partial charge in [-0.2, -0.15) is 0 Å². The third-order valence-corrected chi connectivity index (χ3v) is 2.26. The Labute approximate surface area is 97.5 Å². The van der Waals surface area contributed by atoms with Gasteiger partial charge in [0.05, 0.1) is 19.8 Å². The van der Waals surface area contributed by atoms with Crippen molar-refractivity contribution in [3.63, 3.8) is 0 Å². The van der Waals surface area contributed by atoms with E-state index in [0.717, 1.165) is 0 Å². The van der Waals surface area contributed by atoms with E-state index >= 15 is 0 Å². The van der Waals surface area contributed by atoms with Gasteiger partial charge < -0.3 is 24.8 Å². The zero-order chi connectivity index (χ0) is 12.4. The first-order valence-corrected chi connectivity index (χ1v) is 4.83. The molecule has 0 aliphatic rings. The number of aromatic hydroxyl groups is 1. The van der Waals surface area contributed by atoms with Crippen LogP contribution in [0.15, 0.2) is 22.7 Å². The molecule has 0 aliphatic heterocycles. The molecule has 0 fully saturated rings. The summed E-state index contributed by atoms with van der Waals surface area (Å²) in [5.41, 5.74) is 6.00. The predicted octanol–water partition coefficient (Wildman–Crippen LogP) is 1.65. The number of benzene rings is 1. The number of anilines is 1. The molecule has 0 spiro atoms. The predicted molar refractivity (Wildman–Crippen MR) is 61.1 cm³/mol. The molecule has 2 aromatic rings. The summed E-state index contributed by atoms with van der Waals surface area (Å²) >= 11 is 0. The van der Waals surface area contributed by atoms with Crippen molar-refractivity contribution in [3.05, 3.63) is 18.2 Å². The van der Waals surface area contributed by atoms with Crippen LogP contribution in [0.25, 0.3) is 11.3 Å². The molecule has 6 nitrogen and oxygen atoms in total. The number of nitrogen functional groups attached to an aromatic ring is 1. The second-order valence-corrected chi connectivity index (χ2v) is 3.34. The average Bonchev–Trinajstić information content (AvgIpc) is 2.74. The molecular formula is C11H12N2O4. The van der Waals surface area contributed by atoms with Crippen LogP contribution in [0.3, 0.4) is 0 Å². The number of rotatable bonds is 3. The molecule has 3 N–H and O–H groups in total. The van der Waals surface area contributed by atoms with E-state index < -0.39 is 0 Å². The summed E-state index contributed by atoms with van der Waals surface area (Å²) in [5.74, 6) is 1.53. The molecule has 0 saturated heterocycles. The number of aromatic nitrogens is 1. The topological polar surface area (TPSA) is 90.7 Å². The van der Waals surface area contributed by atoms with Gasteiger partial charge in [-0.1, -0.05) is 5.16 Å². The number of hydrogen-bond donors (Lipinski definition) is 2. The van der Waals surface area contributed by atoms with Crippen LogP contribution < -0.4 is 15.2 Å². The van der Waals surface area contributed by atoms with Gasteiger partial charge in [0.2, 0.25) is 0 Å². The van der Waals surface area contributed by atoms with E-state index in [-0.39, 0.29) is 11.6 Å². The lowest BCUT2D eigenvalue weighted by Crippen LogP contribution is -1.93. The van der Waals surface area contributed by atoms with Crippen LogP contribution in [0.4, 0.5) is 5.82 Å². The molecule has 0 bridgehead atoms. The molecule has 2 rings (SSSR count). The molecule has 1 aromatic carbocycles. The summed E-state index contributed by atoms with van der Waals surface area (Å²) < 4.78 is 15.4. The van der Waals surface area contributed by atoms with Crippen LogP contribution in [-0.4, -0.2) is 24.5 Å². The van der Waals surface area contributed by atoms with Crippen LogP contribution >= 0.6 is 0 Å². The third-order valence-electron chi connectivity index (χ3n) is 2.26. The molecule has 6 heteroatoms. The summed E-state index contributed by atoms with van der Waals surface area (Å²) in [7, 11) is 2.98. The summed E-state index contributed by atoms with van der Waals surface area (Å²) in [6.45, 7) is 0. The van der Waals surface area contributed by atoms with Crippen LogP contribution in [-0.2, 0) is 0 Å². The highest BCUT2D eigenvalue weighted by atomic mass is 16.5. The Morgan fingerprint density at radius 2 is 2.00 bits per heavy atom. The largest absolute Gasteiger partial charge is 0.508 e. The van der Waals surface area contributed by atoms with Crippen molar-refractivity contribution in [1.29, 1.82) is 0 Å². The first-order valence-electron chi connectivity index (χ1n) is 4.83. The molecule has 0 saturated carbocycles. The lowest BCUT2D eigenvalue weighted by molar-refractivity contribution is 0.350. The first-order chi connectivity index (χ1) is 8.15. The fourth-order valence-corrected chi connectivity index (χ4v) is 1.55. The van der Waals surface area contributed by atoms with Crippen LogP contribution in [0, 0.1) is 0 Å². The Hall–Kier alpha value is -2.37. The highest BCUT2D eigenvalue weighted by Crippen LogP contribution is 2.41. The van der Waals surface area contributed by atoms with Crippen LogP contribution in [0.5, 0.6) is 17.2 Å². The van der Waals surface area contributed by atoms with Crippen molar-refractivity contribution in [1.82, 2.24) is 5.16 Å². The molecule has 1 heterocycles. The lowest BCUT2D eigenvalue weighted by Gasteiger charge is -2.11. The normalized spacial score (nSPS) is 10.2. The summed E-state index contributed by atoms with van der Waals surface area (Å²) in [6, 6.07) is 4.47. The smallest absolute Gasteiger partial charge is 0.173 e. The van der Waals surface area contributed by atoms with Crippen LogP contribution in [0.1, 0.15) is 0 Å². The second-order valence-electron chi connectivity index (χ2n) is 3.34. The summed E-state index contributed by atoms with van der Waals surface area (Å²) in [4.78, 5) is 0. The van der Waals surface area contributed by atoms with Crippen molar-refractivity contribution >= 4 is 5.82 Å². The maximum atomic E-state index is 9.58. The van der Waals surface area contributed by atoms with E-state index in [2.05, 4.69) is 5.16 Å². The molecule has 0 atom stereocenters. The molecular weight excluding hydrogens is 224 g/mol. The van der Waals surface area contributed by atoms with Crippen molar-refractivity contribution in [2.45, 2.75) is 0 Å². The van der Waals surface area contributed by atoms with Gasteiger partial charge in [-0.05, 0) is 6.07 Å². The Bertz CT molecular complexity index is 536. The molecule has 0 aliphatic carbocycles. The summed E-state index contributed by atoms with van der Waals surface area (Å²) in [5, 5.41) is 13.2. The number of nitrogens with two attached hydrogens (primary N) is 1. The third kappa shape index (κ3) is 1.96. The van der Waals surface area contributed by atoms with Crippen LogP contribution in [0.2, 0.25) is 0 Å². The number of nitrogens with zero attached hydrogens (tertiary/aromatic N) is 1. The van der Waals surface area contributed by atoms with Gasteiger partial charge in [-0.15, -0.1) is 0 Å². The highest BCUT2D eigenvalue weighted by molar-refractivity contribution is 5.73. The monoisotopic (exact) mass is 236 g/mol. The molecule has 0 radical (unpaired) electrons.